The second-order valence-electron chi connectivity index (χ2n) is 5.12. The molecular weight excluding hydrogens is 332 g/mol. The van der Waals surface area contributed by atoms with Crippen LogP contribution < -0.4 is 5.32 Å². The lowest BCUT2D eigenvalue weighted by molar-refractivity contribution is 0.0297. The van der Waals surface area contributed by atoms with Gasteiger partial charge >= 0.3 is 0 Å². The normalized spacial score (nSPS) is 14.3. The molecule has 0 radical (unpaired) electrons. The summed E-state index contributed by atoms with van der Waals surface area (Å²) in [6.07, 6.45) is 2.77. The molecule has 0 aliphatic carbocycles. The van der Waals surface area contributed by atoms with E-state index in [0.29, 0.717) is 37.0 Å². The van der Waals surface area contributed by atoms with Crippen LogP contribution in [0.25, 0.3) is 0 Å². The highest BCUT2D eigenvalue weighted by Gasteiger charge is 2.25. The maximum absolute atomic E-state index is 12.6. The van der Waals surface area contributed by atoms with Crippen LogP contribution in [0.15, 0.2) is 36.7 Å². The molecule has 1 N–H and O–H groups in total. The Morgan fingerprint density at radius 3 is 2.54 bits per heavy atom. The zero-order valence-corrected chi connectivity index (χ0v) is 13.5. The molecule has 1 saturated heterocycles. The van der Waals surface area contributed by atoms with Gasteiger partial charge in [0.05, 0.1) is 13.2 Å². The Bertz CT molecular complexity index is 762. The Labute approximate surface area is 143 Å². The minimum Gasteiger partial charge on any atom is -0.378 e. The summed E-state index contributed by atoms with van der Waals surface area (Å²) in [6, 6.07) is 6.73. The molecule has 124 valence electrons. The van der Waals surface area contributed by atoms with Gasteiger partial charge in [-0.2, -0.15) is 0 Å². The predicted molar refractivity (Wildman–Crippen MR) is 88.2 cm³/mol. The van der Waals surface area contributed by atoms with Gasteiger partial charge in [0.1, 0.15) is 0 Å². The summed E-state index contributed by atoms with van der Waals surface area (Å²) in [5.41, 5.74) is 0.524. The average molecular weight is 347 g/mol. The number of rotatable bonds is 3. The van der Waals surface area contributed by atoms with Crippen LogP contribution in [-0.4, -0.2) is 53.0 Å². The maximum Gasteiger partial charge on any atom is 0.276 e. The lowest BCUT2D eigenvalue weighted by atomic mass is 10.2. The Morgan fingerprint density at radius 2 is 1.83 bits per heavy atom. The van der Waals surface area contributed by atoms with Crippen LogP contribution in [0.1, 0.15) is 21.0 Å². The van der Waals surface area contributed by atoms with E-state index in [0.717, 1.165) is 0 Å². The maximum atomic E-state index is 12.6. The van der Waals surface area contributed by atoms with E-state index in [1.54, 1.807) is 29.2 Å². The van der Waals surface area contributed by atoms with E-state index in [1.807, 2.05) is 0 Å². The third-order valence-electron chi connectivity index (χ3n) is 3.50. The largest absolute Gasteiger partial charge is 0.378 e. The van der Waals surface area contributed by atoms with E-state index in [2.05, 4.69) is 15.3 Å². The van der Waals surface area contributed by atoms with E-state index in [4.69, 9.17) is 16.3 Å². The molecule has 1 aliphatic heterocycles. The third-order valence-corrected chi connectivity index (χ3v) is 3.73. The second-order valence-corrected chi connectivity index (χ2v) is 5.56. The molecule has 1 aliphatic rings. The number of anilines is 1. The molecule has 2 amide bonds. The summed E-state index contributed by atoms with van der Waals surface area (Å²) < 4.78 is 5.23. The van der Waals surface area contributed by atoms with Gasteiger partial charge < -0.3 is 15.0 Å². The van der Waals surface area contributed by atoms with Gasteiger partial charge in [0.25, 0.3) is 11.8 Å². The Kier molecular flexibility index (Phi) is 5.02. The first-order valence-corrected chi connectivity index (χ1v) is 7.78. The molecule has 0 spiro atoms. The smallest absolute Gasteiger partial charge is 0.276 e. The topological polar surface area (TPSA) is 84.4 Å². The highest BCUT2D eigenvalue weighted by Crippen LogP contribution is 2.16. The molecular formula is C16H15ClN4O3. The molecule has 0 saturated carbocycles. The van der Waals surface area contributed by atoms with Crippen LogP contribution in [0.4, 0.5) is 5.69 Å². The van der Waals surface area contributed by atoms with Gasteiger partial charge in [-0.15, -0.1) is 0 Å². The van der Waals surface area contributed by atoms with Crippen LogP contribution in [0.3, 0.4) is 0 Å². The summed E-state index contributed by atoms with van der Waals surface area (Å²) in [5, 5.41) is 3.17. The average Bonchev–Trinajstić information content (AvgIpc) is 2.62. The number of carbonyl (C=O) groups excluding carboxylic acids is 2. The molecule has 0 atom stereocenters. The van der Waals surface area contributed by atoms with Crippen LogP contribution in [0.2, 0.25) is 5.02 Å². The summed E-state index contributed by atoms with van der Waals surface area (Å²) in [5.74, 6) is -0.843. The first-order valence-electron chi connectivity index (χ1n) is 7.40. The van der Waals surface area contributed by atoms with Crippen LogP contribution in [0, 0.1) is 0 Å². The number of benzene rings is 1. The van der Waals surface area contributed by atoms with Gasteiger partial charge in [0.2, 0.25) is 0 Å². The fourth-order valence-electron chi connectivity index (χ4n) is 2.33. The molecule has 2 aromatic rings. The molecule has 24 heavy (non-hydrogen) atoms. The number of amides is 2. The predicted octanol–water partition coefficient (Wildman–Crippen LogP) is 1.85. The number of nitrogens with one attached hydrogen (secondary N) is 1. The van der Waals surface area contributed by atoms with Crippen molar-refractivity contribution in [3.8, 4) is 0 Å². The molecule has 8 heteroatoms. The fourth-order valence-corrected chi connectivity index (χ4v) is 2.52. The van der Waals surface area contributed by atoms with Gasteiger partial charge in [-0.25, -0.2) is 9.97 Å². The van der Waals surface area contributed by atoms with E-state index >= 15 is 0 Å². The number of nitrogens with zero attached hydrogens (tertiary/aromatic N) is 3. The quantitative estimate of drug-likeness (QED) is 0.917. The van der Waals surface area contributed by atoms with Crippen molar-refractivity contribution in [1.29, 1.82) is 0 Å². The molecule has 0 bridgehead atoms. The summed E-state index contributed by atoms with van der Waals surface area (Å²) in [4.78, 5) is 34.8. The van der Waals surface area contributed by atoms with Gasteiger partial charge in [0, 0.05) is 36.2 Å². The summed E-state index contributed by atoms with van der Waals surface area (Å²) in [7, 11) is 0. The van der Waals surface area contributed by atoms with Crippen molar-refractivity contribution < 1.29 is 14.3 Å². The Hall–Kier alpha value is -2.51. The molecule has 7 nitrogen and oxygen atoms in total. The number of aromatic nitrogens is 2. The van der Waals surface area contributed by atoms with Gasteiger partial charge in [-0.3, -0.25) is 9.59 Å². The SMILES string of the molecule is O=C(Nc1cccc(Cl)c1)c1nccnc1C(=O)N1CCOCC1. The fraction of sp³-hybridized carbons (Fsp3) is 0.250. The van der Waals surface area contributed by atoms with Crippen LogP contribution >= 0.6 is 11.6 Å². The molecule has 1 aromatic heterocycles. The Morgan fingerprint density at radius 1 is 1.12 bits per heavy atom. The first kappa shape index (κ1) is 16.4. The van der Waals surface area contributed by atoms with E-state index in [9.17, 15) is 9.59 Å². The highest BCUT2D eigenvalue weighted by atomic mass is 35.5. The second kappa shape index (κ2) is 7.37. The van der Waals surface area contributed by atoms with Crippen LogP contribution in [-0.2, 0) is 4.74 Å². The van der Waals surface area contributed by atoms with Gasteiger partial charge in [-0.05, 0) is 18.2 Å². The molecule has 3 rings (SSSR count). The van der Waals surface area contributed by atoms with E-state index in [-0.39, 0.29) is 17.3 Å². The monoisotopic (exact) mass is 346 g/mol. The van der Waals surface area contributed by atoms with Crippen LogP contribution in [0.5, 0.6) is 0 Å². The molecule has 2 heterocycles. The number of morpholine rings is 1. The molecule has 0 unspecified atom stereocenters. The number of halogens is 1. The van der Waals surface area contributed by atoms with Crippen molar-refractivity contribution in [3.05, 3.63) is 53.1 Å². The zero-order valence-electron chi connectivity index (χ0n) is 12.7. The van der Waals surface area contributed by atoms with Crippen molar-refractivity contribution in [2.75, 3.05) is 31.6 Å². The van der Waals surface area contributed by atoms with Crippen molar-refractivity contribution in [2.45, 2.75) is 0 Å². The highest BCUT2D eigenvalue weighted by molar-refractivity contribution is 6.31. The van der Waals surface area contributed by atoms with Gasteiger partial charge in [0.15, 0.2) is 11.4 Å². The number of hydrogen-bond acceptors (Lipinski definition) is 5. The van der Waals surface area contributed by atoms with Crippen molar-refractivity contribution in [3.63, 3.8) is 0 Å². The lowest BCUT2D eigenvalue weighted by Gasteiger charge is -2.26. The number of ether oxygens (including phenoxy) is 1. The van der Waals surface area contributed by atoms with Gasteiger partial charge in [-0.1, -0.05) is 17.7 Å². The third kappa shape index (κ3) is 3.69. The molecule has 1 fully saturated rings. The minimum atomic E-state index is -0.512. The standard InChI is InChI=1S/C16H15ClN4O3/c17-11-2-1-3-12(10-11)20-15(22)13-14(19-5-4-18-13)16(23)21-6-8-24-9-7-21/h1-5,10H,6-9H2,(H,20,22). The first-order chi connectivity index (χ1) is 11.6. The van der Waals surface area contributed by atoms with E-state index < -0.39 is 5.91 Å². The summed E-state index contributed by atoms with van der Waals surface area (Å²) in [6.45, 7) is 1.86. The van der Waals surface area contributed by atoms with E-state index in [1.165, 1.54) is 12.4 Å². The van der Waals surface area contributed by atoms with Crippen molar-refractivity contribution in [2.24, 2.45) is 0 Å². The minimum absolute atomic E-state index is 0.0195. The van der Waals surface area contributed by atoms with Crippen molar-refractivity contribution in [1.82, 2.24) is 14.9 Å². The van der Waals surface area contributed by atoms with Crippen molar-refractivity contribution >= 4 is 29.1 Å². The number of carbonyl (C=O) groups is 2. The number of hydrogen-bond donors (Lipinski definition) is 1. The molecule has 1 aromatic carbocycles. The Balaban J connectivity index is 1.82. The lowest BCUT2D eigenvalue weighted by Crippen LogP contribution is -2.41. The zero-order chi connectivity index (χ0) is 16.9. The summed E-state index contributed by atoms with van der Waals surface area (Å²) >= 11 is 5.91.